The fourth-order valence-corrected chi connectivity index (χ4v) is 1.69. The first-order chi connectivity index (χ1) is 7.20. The van der Waals surface area contributed by atoms with Crippen LogP contribution in [0.15, 0.2) is 42.5 Å². The number of hydrogen-bond acceptors (Lipinski definition) is 2. The molecule has 0 saturated carbocycles. The second kappa shape index (κ2) is 3.65. The van der Waals surface area contributed by atoms with Crippen LogP contribution in [0.5, 0.6) is 0 Å². The Kier molecular flexibility index (Phi) is 2.34. The molecule has 2 heteroatoms. The predicted octanol–water partition coefficient (Wildman–Crippen LogP) is 2.83. The van der Waals surface area contributed by atoms with Gasteiger partial charge >= 0.3 is 0 Å². The summed E-state index contributed by atoms with van der Waals surface area (Å²) in [4.78, 5) is 0. The quantitative estimate of drug-likeness (QED) is 0.692. The number of anilines is 2. The maximum Gasteiger partial charge on any atom is 0.0627 e. The molecule has 0 aromatic heterocycles. The third kappa shape index (κ3) is 1.66. The van der Waals surface area contributed by atoms with E-state index in [-0.39, 0.29) is 0 Å². The standard InChI is InChI=1S/C13H14N2/c1-9-5-2-3-6-10(9)11-7-4-8-12(14)13(11)15/h2-8H,14-15H2,1H3. The van der Waals surface area contributed by atoms with E-state index in [4.69, 9.17) is 11.5 Å². The molecule has 15 heavy (non-hydrogen) atoms. The van der Waals surface area contributed by atoms with Gasteiger partial charge in [0.15, 0.2) is 0 Å². The number of hydrogen-bond donors (Lipinski definition) is 2. The van der Waals surface area contributed by atoms with E-state index in [2.05, 4.69) is 19.1 Å². The molecule has 4 N–H and O–H groups in total. The Labute approximate surface area is 89.5 Å². The van der Waals surface area contributed by atoms with Crippen molar-refractivity contribution in [2.75, 3.05) is 11.5 Å². The Morgan fingerprint density at radius 3 is 2.20 bits per heavy atom. The highest BCUT2D eigenvalue weighted by Crippen LogP contribution is 2.31. The summed E-state index contributed by atoms with van der Waals surface area (Å²) in [6.45, 7) is 2.07. The molecule has 2 aromatic rings. The highest BCUT2D eigenvalue weighted by atomic mass is 14.7. The van der Waals surface area contributed by atoms with Gasteiger partial charge in [0.1, 0.15) is 0 Å². The van der Waals surface area contributed by atoms with Crippen molar-refractivity contribution in [1.29, 1.82) is 0 Å². The summed E-state index contributed by atoms with van der Waals surface area (Å²) in [5.41, 5.74) is 16.4. The molecule has 2 aromatic carbocycles. The molecule has 76 valence electrons. The smallest absolute Gasteiger partial charge is 0.0627 e. The fourth-order valence-electron chi connectivity index (χ4n) is 1.69. The number of rotatable bonds is 1. The fraction of sp³-hybridized carbons (Fsp3) is 0.0769. The number of benzene rings is 2. The third-order valence-electron chi connectivity index (χ3n) is 2.58. The average molecular weight is 198 g/mol. The van der Waals surface area contributed by atoms with Gasteiger partial charge in [0.05, 0.1) is 11.4 Å². The topological polar surface area (TPSA) is 52.0 Å². The summed E-state index contributed by atoms with van der Waals surface area (Å²) < 4.78 is 0. The molecular formula is C13H14N2. The van der Waals surface area contributed by atoms with Crippen LogP contribution in [0.4, 0.5) is 11.4 Å². The minimum atomic E-state index is 0.635. The van der Waals surface area contributed by atoms with E-state index in [9.17, 15) is 0 Å². The van der Waals surface area contributed by atoms with E-state index >= 15 is 0 Å². The Hall–Kier alpha value is -1.96. The van der Waals surface area contributed by atoms with Gasteiger partial charge in [-0.05, 0) is 24.1 Å². The van der Waals surface area contributed by atoms with Crippen molar-refractivity contribution in [2.24, 2.45) is 0 Å². The molecule has 0 saturated heterocycles. The van der Waals surface area contributed by atoms with E-state index in [1.54, 1.807) is 0 Å². The van der Waals surface area contributed by atoms with Gasteiger partial charge in [-0.15, -0.1) is 0 Å². The van der Waals surface area contributed by atoms with Crippen LogP contribution in [0.3, 0.4) is 0 Å². The zero-order valence-electron chi connectivity index (χ0n) is 8.70. The van der Waals surface area contributed by atoms with Crippen molar-refractivity contribution < 1.29 is 0 Å². The van der Waals surface area contributed by atoms with Crippen molar-refractivity contribution in [3.8, 4) is 11.1 Å². The van der Waals surface area contributed by atoms with Crippen LogP contribution in [0, 0.1) is 6.92 Å². The predicted molar refractivity (Wildman–Crippen MR) is 65.4 cm³/mol. The van der Waals surface area contributed by atoms with Crippen LogP contribution in [-0.2, 0) is 0 Å². The minimum absolute atomic E-state index is 0.635. The Balaban J connectivity index is 2.65. The number of nitrogens with two attached hydrogens (primary N) is 2. The van der Waals surface area contributed by atoms with Crippen LogP contribution in [-0.4, -0.2) is 0 Å². The Morgan fingerprint density at radius 2 is 1.47 bits per heavy atom. The van der Waals surface area contributed by atoms with Crippen molar-refractivity contribution in [1.82, 2.24) is 0 Å². The molecule has 0 unspecified atom stereocenters. The normalized spacial score (nSPS) is 10.2. The van der Waals surface area contributed by atoms with Gasteiger partial charge in [-0.25, -0.2) is 0 Å². The molecule has 0 bridgehead atoms. The van der Waals surface area contributed by atoms with E-state index in [1.165, 1.54) is 5.56 Å². The molecule has 0 atom stereocenters. The van der Waals surface area contributed by atoms with Crippen LogP contribution >= 0.6 is 0 Å². The molecule has 0 heterocycles. The first kappa shape index (κ1) is 9.59. The summed E-state index contributed by atoms with van der Waals surface area (Å²) in [6, 6.07) is 13.9. The van der Waals surface area contributed by atoms with E-state index in [0.29, 0.717) is 11.4 Å². The van der Waals surface area contributed by atoms with Crippen LogP contribution < -0.4 is 11.5 Å². The highest BCUT2D eigenvalue weighted by Gasteiger charge is 2.06. The largest absolute Gasteiger partial charge is 0.397 e. The molecule has 0 aliphatic carbocycles. The second-order valence-corrected chi connectivity index (χ2v) is 3.62. The molecule has 2 nitrogen and oxygen atoms in total. The highest BCUT2D eigenvalue weighted by molar-refractivity contribution is 5.85. The van der Waals surface area contributed by atoms with E-state index in [1.807, 2.05) is 30.3 Å². The van der Waals surface area contributed by atoms with Gasteiger partial charge in [0.2, 0.25) is 0 Å². The molecule has 0 aliphatic heterocycles. The molecule has 0 spiro atoms. The van der Waals surface area contributed by atoms with Crippen molar-refractivity contribution in [3.05, 3.63) is 48.0 Å². The second-order valence-electron chi connectivity index (χ2n) is 3.62. The zero-order chi connectivity index (χ0) is 10.8. The molecule has 2 rings (SSSR count). The Bertz CT molecular complexity index is 490. The zero-order valence-corrected chi connectivity index (χ0v) is 8.70. The lowest BCUT2D eigenvalue weighted by Crippen LogP contribution is -1.97. The van der Waals surface area contributed by atoms with Gasteiger partial charge < -0.3 is 11.5 Å². The van der Waals surface area contributed by atoms with Crippen LogP contribution in [0.2, 0.25) is 0 Å². The Morgan fingerprint density at radius 1 is 0.800 bits per heavy atom. The minimum Gasteiger partial charge on any atom is -0.397 e. The summed E-state index contributed by atoms with van der Waals surface area (Å²) in [6.07, 6.45) is 0. The molecule has 0 fully saturated rings. The number of aryl methyl sites for hydroxylation is 1. The lowest BCUT2D eigenvalue weighted by atomic mass is 9.98. The number of nitrogen functional groups attached to an aromatic ring is 2. The summed E-state index contributed by atoms with van der Waals surface area (Å²) in [7, 11) is 0. The summed E-state index contributed by atoms with van der Waals surface area (Å²) >= 11 is 0. The first-order valence-corrected chi connectivity index (χ1v) is 4.90. The maximum atomic E-state index is 5.96. The molecule has 0 radical (unpaired) electrons. The average Bonchev–Trinajstić information content (AvgIpc) is 2.23. The summed E-state index contributed by atoms with van der Waals surface area (Å²) in [5.74, 6) is 0. The van der Waals surface area contributed by atoms with Crippen LogP contribution in [0.1, 0.15) is 5.56 Å². The van der Waals surface area contributed by atoms with Gasteiger partial charge in [-0.3, -0.25) is 0 Å². The van der Waals surface area contributed by atoms with Gasteiger partial charge in [0, 0.05) is 5.56 Å². The van der Waals surface area contributed by atoms with Gasteiger partial charge in [-0.2, -0.15) is 0 Å². The van der Waals surface area contributed by atoms with Gasteiger partial charge in [0.25, 0.3) is 0 Å². The van der Waals surface area contributed by atoms with Crippen LogP contribution in [0.25, 0.3) is 11.1 Å². The summed E-state index contributed by atoms with van der Waals surface area (Å²) in [5, 5.41) is 0. The lowest BCUT2D eigenvalue weighted by Gasteiger charge is -2.10. The van der Waals surface area contributed by atoms with Crippen molar-refractivity contribution in [2.45, 2.75) is 6.92 Å². The number of para-hydroxylation sites is 1. The van der Waals surface area contributed by atoms with Gasteiger partial charge in [-0.1, -0.05) is 36.4 Å². The first-order valence-electron chi connectivity index (χ1n) is 4.90. The SMILES string of the molecule is Cc1ccccc1-c1cccc(N)c1N. The van der Waals surface area contributed by atoms with E-state index < -0.39 is 0 Å². The maximum absolute atomic E-state index is 5.96. The van der Waals surface area contributed by atoms with Crippen molar-refractivity contribution >= 4 is 11.4 Å². The van der Waals surface area contributed by atoms with Crippen molar-refractivity contribution in [3.63, 3.8) is 0 Å². The monoisotopic (exact) mass is 198 g/mol. The molecule has 0 amide bonds. The van der Waals surface area contributed by atoms with E-state index in [0.717, 1.165) is 11.1 Å². The molecule has 0 aliphatic rings. The lowest BCUT2D eigenvalue weighted by molar-refractivity contribution is 1.46. The molecular weight excluding hydrogens is 184 g/mol. The third-order valence-corrected chi connectivity index (χ3v) is 2.58.